The van der Waals surface area contributed by atoms with Crippen molar-refractivity contribution in [3.05, 3.63) is 17.2 Å². The van der Waals surface area contributed by atoms with Gasteiger partial charge in [-0.3, -0.25) is 4.98 Å². The number of halogens is 1. The molecule has 0 fully saturated rings. The van der Waals surface area contributed by atoms with Crippen LogP contribution >= 0.6 is 11.6 Å². The summed E-state index contributed by atoms with van der Waals surface area (Å²) in [6.45, 7) is 1.72. The van der Waals surface area contributed by atoms with Gasteiger partial charge in [-0.05, 0) is 12.1 Å². The van der Waals surface area contributed by atoms with Crippen molar-refractivity contribution in [3.63, 3.8) is 0 Å². The second-order valence-electron chi connectivity index (χ2n) is 1.26. The molecule has 3 nitrogen and oxygen atoms in total. The topological polar surface area (TPSA) is 38.7 Å². The first-order valence-corrected chi connectivity index (χ1v) is 2.41. The Morgan fingerprint density at radius 1 is 1.56 bits per heavy atom. The van der Waals surface area contributed by atoms with Gasteiger partial charge in [0.05, 0.1) is 0 Å². The molecule has 42 valence electrons. The molecule has 0 aliphatic heterocycles. The monoisotopic (exact) mass is 213 g/mol. The fourth-order valence-electron chi connectivity index (χ4n) is 0.328. The molecule has 9 heavy (non-hydrogen) atoms. The summed E-state index contributed by atoms with van der Waals surface area (Å²) in [7, 11) is 0. The summed E-state index contributed by atoms with van der Waals surface area (Å²) in [5.74, 6) is 0.564. The Hall–Kier alpha value is 1.11. The van der Waals surface area contributed by atoms with Gasteiger partial charge in [0.2, 0.25) is 0 Å². The van der Waals surface area contributed by atoms with Gasteiger partial charge in [0.1, 0.15) is 5.82 Å². The minimum atomic E-state index is 0. The van der Waals surface area contributed by atoms with Gasteiger partial charge in [0.25, 0.3) is 0 Å². The molecule has 1 heterocycles. The number of aromatic nitrogens is 3. The van der Waals surface area contributed by atoms with Crippen LogP contribution in [0.3, 0.4) is 0 Å². The number of hydrogen-bond donors (Lipinski definition) is 0. The molecule has 0 saturated heterocycles. The standard InChI is InChI=1S/C4H3ClN3.Rb/c1-3-7-4(5)2-6-8-3;/h1H3;/q-1;+1. The Labute approximate surface area is 107 Å². The SMILES string of the molecule is Cc1nn[c-]c(Cl)n1.[Rb+]. The van der Waals surface area contributed by atoms with E-state index in [1.165, 1.54) is 0 Å². The van der Waals surface area contributed by atoms with Gasteiger partial charge in [0.15, 0.2) is 0 Å². The van der Waals surface area contributed by atoms with E-state index in [9.17, 15) is 0 Å². The average molecular weight is 214 g/mol. The van der Waals surface area contributed by atoms with Gasteiger partial charge in [-0.1, -0.05) is 0 Å². The average Bonchev–Trinajstić information content (AvgIpc) is 1.64. The van der Waals surface area contributed by atoms with Gasteiger partial charge in [-0.15, -0.1) is 11.6 Å². The number of aryl methyl sites for hydroxylation is 1. The van der Waals surface area contributed by atoms with E-state index < -0.39 is 0 Å². The minimum Gasteiger partial charge on any atom is -0.367 e. The largest absolute Gasteiger partial charge is 1.00 e. The van der Waals surface area contributed by atoms with Crippen molar-refractivity contribution in [3.8, 4) is 0 Å². The molecule has 5 heteroatoms. The summed E-state index contributed by atoms with van der Waals surface area (Å²) in [5.41, 5.74) is 0. The summed E-state index contributed by atoms with van der Waals surface area (Å²) in [6, 6.07) is 0. The van der Waals surface area contributed by atoms with Crippen molar-refractivity contribution >= 4 is 11.6 Å². The van der Waals surface area contributed by atoms with Crippen LogP contribution in [0, 0.1) is 13.1 Å². The maximum atomic E-state index is 5.38. The van der Waals surface area contributed by atoms with E-state index in [2.05, 4.69) is 21.4 Å². The number of hydrogen-bond acceptors (Lipinski definition) is 3. The summed E-state index contributed by atoms with van der Waals surface area (Å²) in [4.78, 5) is 3.71. The Morgan fingerprint density at radius 3 is 2.56 bits per heavy atom. The molecule has 0 atom stereocenters. The van der Waals surface area contributed by atoms with Crippen LogP contribution in [0.25, 0.3) is 0 Å². The van der Waals surface area contributed by atoms with Crippen molar-refractivity contribution in [2.75, 3.05) is 0 Å². The second-order valence-corrected chi connectivity index (χ2v) is 1.62. The van der Waals surface area contributed by atoms with E-state index in [1.54, 1.807) is 6.92 Å². The Balaban J connectivity index is 0.000000640. The zero-order valence-corrected chi connectivity index (χ0v) is 10.9. The Bertz CT molecular complexity index is 176. The molecule has 0 aliphatic carbocycles. The molecule has 1 rings (SSSR count). The first kappa shape index (κ1) is 10.1. The van der Waals surface area contributed by atoms with Crippen LogP contribution in [-0.2, 0) is 0 Å². The third-order valence-electron chi connectivity index (χ3n) is 0.597. The van der Waals surface area contributed by atoms with Crippen LogP contribution in [0.4, 0.5) is 0 Å². The van der Waals surface area contributed by atoms with Gasteiger partial charge < -0.3 is 11.3 Å². The fraction of sp³-hybridized carbons (Fsp3) is 0.250. The second kappa shape index (κ2) is 4.85. The molecule has 0 saturated carbocycles. The fourth-order valence-corrected chi connectivity index (χ4v) is 0.488. The van der Waals surface area contributed by atoms with E-state index in [4.69, 9.17) is 11.6 Å². The van der Waals surface area contributed by atoms with E-state index >= 15 is 0 Å². The summed E-state index contributed by atoms with van der Waals surface area (Å²) >= 11 is 5.38. The molecule has 1 aromatic heterocycles. The van der Waals surface area contributed by atoms with Crippen LogP contribution in [-0.4, -0.2) is 15.2 Å². The molecular weight excluding hydrogens is 211 g/mol. The van der Waals surface area contributed by atoms with Gasteiger partial charge in [-0.2, -0.15) is 5.10 Å². The molecule has 0 unspecified atom stereocenters. The van der Waals surface area contributed by atoms with Crippen molar-refractivity contribution in [1.82, 2.24) is 15.2 Å². The molecule has 0 radical (unpaired) electrons. The third kappa shape index (κ3) is 3.73. The molecule has 0 bridgehead atoms. The van der Waals surface area contributed by atoms with Crippen molar-refractivity contribution in [2.24, 2.45) is 0 Å². The molecule has 0 amide bonds. The molecule has 1 aromatic rings. The van der Waals surface area contributed by atoms with Crippen LogP contribution in [0.2, 0.25) is 5.15 Å². The quantitative estimate of drug-likeness (QED) is 0.453. The van der Waals surface area contributed by atoms with Gasteiger partial charge in [-0.25, -0.2) is 0 Å². The maximum Gasteiger partial charge on any atom is 1.00 e. The van der Waals surface area contributed by atoms with Crippen LogP contribution in [0.5, 0.6) is 0 Å². The molecule has 0 aromatic carbocycles. The van der Waals surface area contributed by atoms with E-state index in [-0.39, 0.29) is 63.3 Å². The first-order chi connectivity index (χ1) is 3.79. The predicted molar refractivity (Wildman–Crippen MR) is 28.4 cm³/mol. The molecule has 0 aliphatic rings. The van der Waals surface area contributed by atoms with Crippen molar-refractivity contribution in [1.29, 1.82) is 0 Å². The number of nitrogens with zero attached hydrogens (tertiary/aromatic N) is 3. The third-order valence-corrected chi connectivity index (χ3v) is 0.766. The van der Waals surface area contributed by atoms with E-state index in [0.29, 0.717) is 5.82 Å². The van der Waals surface area contributed by atoms with E-state index in [1.807, 2.05) is 0 Å². The van der Waals surface area contributed by atoms with Gasteiger partial charge >= 0.3 is 58.2 Å². The Morgan fingerprint density at radius 2 is 2.22 bits per heavy atom. The maximum absolute atomic E-state index is 5.38. The van der Waals surface area contributed by atoms with Crippen LogP contribution in [0.1, 0.15) is 5.82 Å². The Kier molecular flexibility index (Phi) is 5.45. The van der Waals surface area contributed by atoms with Gasteiger partial charge in [0, 0.05) is 0 Å². The predicted octanol–water partition coefficient (Wildman–Crippen LogP) is -2.36. The summed E-state index contributed by atoms with van der Waals surface area (Å²) in [5, 5.41) is 7.21. The van der Waals surface area contributed by atoms with Crippen molar-refractivity contribution < 1.29 is 58.2 Å². The zero-order valence-electron chi connectivity index (χ0n) is 5.22. The first-order valence-electron chi connectivity index (χ1n) is 2.03. The normalized spacial score (nSPS) is 8.22. The van der Waals surface area contributed by atoms with Crippen LogP contribution < -0.4 is 58.2 Å². The number of rotatable bonds is 0. The van der Waals surface area contributed by atoms with Crippen LogP contribution in [0.15, 0.2) is 0 Å². The summed E-state index contributed by atoms with van der Waals surface area (Å²) in [6.07, 6.45) is 2.37. The molecule has 0 spiro atoms. The molecule has 0 N–H and O–H groups in total. The smallest absolute Gasteiger partial charge is 0.367 e. The van der Waals surface area contributed by atoms with Crippen molar-refractivity contribution in [2.45, 2.75) is 6.92 Å². The zero-order chi connectivity index (χ0) is 5.98. The molecular formula is C4H3ClN3Rb. The van der Waals surface area contributed by atoms with E-state index in [0.717, 1.165) is 0 Å². The summed E-state index contributed by atoms with van der Waals surface area (Å²) < 4.78 is 0. The minimum absolute atomic E-state index is 0.